The lowest BCUT2D eigenvalue weighted by Crippen LogP contribution is -2.40. The number of pyridine rings is 1. The van der Waals surface area contributed by atoms with E-state index in [0.717, 1.165) is 6.20 Å². The maximum Gasteiger partial charge on any atom is 0.434 e. The summed E-state index contributed by atoms with van der Waals surface area (Å²) < 4.78 is 65.6. The van der Waals surface area contributed by atoms with Gasteiger partial charge in [-0.05, 0) is 49.9 Å². The van der Waals surface area contributed by atoms with Gasteiger partial charge in [-0.1, -0.05) is 18.2 Å². The molecule has 2 heterocycles. The lowest BCUT2D eigenvalue weighted by Gasteiger charge is -2.30. The van der Waals surface area contributed by atoms with Gasteiger partial charge in [-0.3, -0.25) is 9.20 Å². The number of carbonyl (C=O) groups is 1. The van der Waals surface area contributed by atoms with E-state index in [9.17, 15) is 26.7 Å². The Labute approximate surface area is 180 Å². The van der Waals surface area contributed by atoms with Crippen LogP contribution in [0.1, 0.15) is 53.7 Å². The molecule has 0 spiro atoms. The fraction of sp³-hybridized carbons (Fsp3) is 0.364. The molecular formula is C22H21F5N4O. The van der Waals surface area contributed by atoms with E-state index in [1.165, 1.54) is 34.7 Å². The Morgan fingerprint density at radius 2 is 1.66 bits per heavy atom. The number of imidazole rings is 1. The van der Waals surface area contributed by atoms with Gasteiger partial charge >= 0.3 is 6.18 Å². The summed E-state index contributed by atoms with van der Waals surface area (Å²) in [5, 5.41) is 6.21. The molecule has 5 nitrogen and oxygen atoms in total. The highest BCUT2D eigenvalue weighted by atomic mass is 19.4. The molecule has 1 aliphatic rings. The van der Waals surface area contributed by atoms with Gasteiger partial charge in [0.05, 0.1) is 0 Å². The van der Waals surface area contributed by atoms with Crippen molar-refractivity contribution in [1.29, 1.82) is 0 Å². The molecule has 1 fully saturated rings. The van der Waals surface area contributed by atoms with Gasteiger partial charge in [-0.25, -0.2) is 13.8 Å². The van der Waals surface area contributed by atoms with Crippen LogP contribution in [0.25, 0.3) is 5.65 Å². The van der Waals surface area contributed by atoms with Crippen LogP contribution in [-0.2, 0) is 6.18 Å². The van der Waals surface area contributed by atoms with Gasteiger partial charge in [0.15, 0.2) is 5.69 Å². The van der Waals surface area contributed by atoms with Crippen LogP contribution < -0.4 is 10.6 Å². The zero-order chi connectivity index (χ0) is 22.9. The molecule has 0 radical (unpaired) electrons. The molecule has 0 unspecified atom stereocenters. The number of hydrogen-bond donors (Lipinski definition) is 2. The number of nitrogens with one attached hydrogen (secondary N) is 2. The Bertz CT molecular complexity index is 1090. The van der Waals surface area contributed by atoms with Crippen LogP contribution >= 0.6 is 0 Å². The lowest BCUT2D eigenvalue weighted by atomic mass is 9.91. The van der Waals surface area contributed by atoms with Crippen molar-refractivity contribution in [2.24, 2.45) is 0 Å². The number of benzene rings is 1. The Balaban J connectivity index is 1.34. The quantitative estimate of drug-likeness (QED) is 0.507. The maximum atomic E-state index is 13.0. The monoisotopic (exact) mass is 452 g/mol. The molecule has 1 saturated carbocycles. The predicted molar refractivity (Wildman–Crippen MR) is 109 cm³/mol. The molecule has 1 aromatic carbocycles. The third kappa shape index (κ3) is 4.84. The topological polar surface area (TPSA) is 58.4 Å². The molecule has 0 saturated heterocycles. The number of aromatic nitrogens is 2. The number of carbonyl (C=O) groups excluding carboxylic acids is 1. The molecule has 170 valence electrons. The van der Waals surface area contributed by atoms with Crippen molar-refractivity contribution >= 4 is 17.4 Å². The number of rotatable bonds is 5. The van der Waals surface area contributed by atoms with Crippen LogP contribution in [0.5, 0.6) is 0 Å². The second-order valence-corrected chi connectivity index (χ2v) is 7.85. The lowest BCUT2D eigenvalue weighted by molar-refractivity contribution is -0.140. The van der Waals surface area contributed by atoms with E-state index in [1.54, 1.807) is 12.1 Å². The first kappa shape index (κ1) is 22.0. The standard InChI is InChI=1S/C22H21F5N4O/c23-20(24)13-4-6-14(7-5-13)21(32)29-16-10-8-15(9-11-16)28-18-2-1-3-19-30-17(12-31(18)19)22(25,26)27/h1-7,12,15-16,20,28H,8-11H2,(H,29,32)/t15-,16+. The van der Waals surface area contributed by atoms with Crippen molar-refractivity contribution in [3.8, 4) is 0 Å². The summed E-state index contributed by atoms with van der Waals surface area (Å²) in [4.78, 5) is 16.0. The number of alkyl halides is 5. The van der Waals surface area contributed by atoms with E-state index >= 15 is 0 Å². The molecule has 2 aromatic heterocycles. The van der Waals surface area contributed by atoms with E-state index in [-0.39, 0.29) is 29.2 Å². The summed E-state index contributed by atoms with van der Waals surface area (Å²) in [6, 6.07) is 10.1. The largest absolute Gasteiger partial charge is 0.434 e. The minimum Gasteiger partial charge on any atom is -0.368 e. The second kappa shape index (κ2) is 8.76. The van der Waals surface area contributed by atoms with E-state index in [1.807, 2.05) is 0 Å². The SMILES string of the molecule is O=C(N[C@H]1CC[C@@H](Nc2cccc3nc(C(F)(F)F)cn23)CC1)c1ccc(C(F)F)cc1. The molecular weight excluding hydrogens is 431 g/mol. The minimum atomic E-state index is -4.51. The first-order valence-electron chi connectivity index (χ1n) is 10.2. The van der Waals surface area contributed by atoms with Crippen LogP contribution in [0.2, 0.25) is 0 Å². The Morgan fingerprint density at radius 3 is 2.28 bits per heavy atom. The highest BCUT2D eigenvalue weighted by molar-refractivity contribution is 5.94. The van der Waals surface area contributed by atoms with Gasteiger partial charge in [-0.15, -0.1) is 0 Å². The van der Waals surface area contributed by atoms with Crippen molar-refractivity contribution in [2.75, 3.05) is 5.32 Å². The van der Waals surface area contributed by atoms with Crippen LogP contribution in [0.4, 0.5) is 27.8 Å². The first-order chi connectivity index (χ1) is 15.2. The maximum absolute atomic E-state index is 13.0. The average molecular weight is 452 g/mol. The average Bonchev–Trinajstić information content (AvgIpc) is 3.21. The van der Waals surface area contributed by atoms with E-state index < -0.39 is 18.3 Å². The Hall–Kier alpha value is -3.17. The van der Waals surface area contributed by atoms with Crippen LogP contribution in [0.15, 0.2) is 48.7 Å². The fourth-order valence-electron chi connectivity index (χ4n) is 3.90. The Kier molecular flexibility index (Phi) is 6.03. The van der Waals surface area contributed by atoms with Crippen LogP contribution in [0.3, 0.4) is 0 Å². The molecule has 1 aliphatic carbocycles. The predicted octanol–water partition coefficient (Wildman–Crippen LogP) is 5.44. The molecule has 32 heavy (non-hydrogen) atoms. The molecule has 2 N–H and O–H groups in total. The number of nitrogens with zero attached hydrogens (tertiary/aromatic N) is 2. The summed E-state index contributed by atoms with van der Waals surface area (Å²) in [6.07, 6.45) is -3.32. The smallest absolute Gasteiger partial charge is 0.368 e. The van der Waals surface area contributed by atoms with Gasteiger partial charge in [0, 0.05) is 29.4 Å². The summed E-state index contributed by atoms with van der Waals surface area (Å²) in [5.41, 5.74) is -0.550. The van der Waals surface area contributed by atoms with Crippen molar-refractivity contribution in [3.05, 3.63) is 65.5 Å². The van der Waals surface area contributed by atoms with E-state index in [0.29, 0.717) is 37.1 Å². The number of fused-ring (bicyclic) bond motifs is 1. The number of hydrogen-bond acceptors (Lipinski definition) is 3. The molecule has 1 amide bonds. The van der Waals surface area contributed by atoms with Crippen molar-refractivity contribution in [2.45, 2.75) is 50.4 Å². The second-order valence-electron chi connectivity index (χ2n) is 7.85. The third-order valence-corrected chi connectivity index (χ3v) is 5.62. The molecule has 0 aliphatic heterocycles. The van der Waals surface area contributed by atoms with Gasteiger partial charge in [-0.2, -0.15) is 13.2 Å². The van der Waals surface area contributed by atoms with Gasteiger partial charge in [0.1, 0.15) is 11.5 Å². The van der Waals surface area contributed by atoms with Crippen LogP contribution in [-0.4, -0.2) is 27.4 Å². The van der Waals surface area contributed by atoms with Gasteiger partial charge in [0.25, 0.3) is 12.3 Å². The molecule has 0 atom stereocenters. The molecule has 4 rings (SSSR count). The first-order valence-corrected chi connectivity index (χ1v) is 10.2. The third-order valence-electron chi connectivity index (χ3n) is 5.62. The highest BCUT2D eigenvalue weighted by Gasteiger charge is 2.34. The number of halogens is 5. The number of anilines is 1. The van der Waals surface area contributed by atoms with E-state index in [4.69, 9.17) is 0 Å². The molecule has 3 aromatic rings. The van der Waals surface area contributed by atoms with Crippen molar-refractivity contribution in [1.82, 2.24) is 14.7 Å². The fourth-order valence-corrected chi connectivity index (χ4v) is 3.90. The van der Waals surface area contributed by atoms with E-state index in [2.05, 4.69) is 15.6 Å². The minimum absolute atomic E-state index is 0.0378. The molecule has 10 heteroatoms. The highest BCUT2D eigenvalue weighted by Crippen LogP contribution is 2.30. The van der Waals surface area contributed by atoms with Crippen molar-refractivity contribution < 1.29 is 26.7 Å². The summed E-state index contributed by atoms with van der Waals surface area (Å²) in [5.74, 6) is 0.210. The number of amides is 1. The normalized spacial score (nSPS) is 19.3. The van der Waals surface area contributed by atoms with Gasteiger partial charge < -0.3 is 10.6 Å². The summed E-state index contributed by atoms with van der Waals surface area (Å²) in [6.45, 7) is 0. The van der Waals surface area contributed by atoms with Gasteiger partial charge in [0.2, 0.25) is 0 Å². The van der Waals surface area contributed by atoms with Crippen molar-refractivity contribution in [3.63, 3.8) is 0 Å². The molecule has 0 bridgehead atoms. The zero-order valence-corrected chi connectivity index (χ0v) is 16.9. The summed E-state index contributed by atoms with van der Waals surface area (Å²) >= 11 is 0. The Morgan fingerprint density at radius 1 is 1.00 bits per heavy atom. The zero-order valence-electron chi connectivity index (χ0n) is 16.9. The van der Waals surface area contributed by atoms with Crippen LogP contribution in [0, 0.1) is 0 Å². The summed E-state index contributed by atoms with van der Waals surface area (Å²) in [7, 11) is 0.